The second kappa shape index (κ2) is 10.7. The number of halogens is 6. The number of rotatable bonds is 6. The van der Waals surface area contributed by atoms with Crippen molar-refractivity contribution in [2.24, 2.45) is 4.99 Å². The van der Waals surface area contributed by atoms with E-state index in [1.165, 1.54) is 0 Å². The zero-order valence-corrected chi connectivity index (χ0v) is 21.0. The molecule has 15 heteroatoms. The largest absolute Gasteiger partial charge is 0.421 e. The van der Waals surface area contributed by atoms with Gasteiger partial charge in [0.15, 0.2) is 5.78 Å². The number of anilines is 1. The molecule has 9 nitrogen and oxygen atoms in total. The zero-order chi connectivity index (χ0) is 28.5. The Morgan fingerprint density at radius 1 is 1.05 bits per heavy atom. The van der Waals surface area contributed by atoms with Crippen molar-refractivity contribution in [3.05, 3.63) is 52.7 Å². The first-order valence-corrected chi connectivity index (χ1v) is 12.0. The van der Waals surface area contributed by atoms with Crippen LogP contribution < -0.4 is 10.2 Å². The number of alkyl halides is 6. The predicted octanol–water partition coefficient (Wildman–Crippen LogP) is 3.02. The molecular formula is C24H25F6N7O2. The van der Waals surface area contributed by atoms with Crippen LogP contribution in [0.1, 0.15) is 28.5 Å². The summed E-state index contributed by atoms with van der Waals surface area (Å²) in [6.45, 7) is 4.29. The van der Waals surface area contributed by atoms with Gasteiger partial charge in [0.25, 0.3) is 5.91 Å². The van der Waals surface area contributed by atoms with Crippen LogP contribution >= 0.6 is 0 Å². The van der Waals surface area contributed by atoms with Gasteiger partial charge >= 0.3 is 12.4 Å². The summed E-state index contributed by atoms with van der Waals surface area (Å²) in [6, 6.07) is 1.10. The number of hydrogen-bond donors (Lipinski definition) is 1. The number of hydrogen-bond acceptors (Lipinski definition) is 7. The van der Waals surface area contributed by atoms with Crippen LogP contribution in [0.15, 0.2) is 40.9 Å². The maximum atomic E-state index is 13.4. The van der Waals surface area contributed by atoms with E-state index in [0.717, 1.165) is 18.6 Å². The summed E-state index contributed by atoms with van der Waals surface area (Å²) in [4.78, 5) is 39.5. The Hall–Kier alpha value is -3.91. The lowest BCUT2D eigenvalue weighted by Gasteiger charge is -2.34. The minimum Gasteiger partial charge on any atom is -0.379 e. The molecule has 39 heavy (non-hydrogen) atoms. The molecule has 2 aromatic rings. The molecule has 210 valence electrons. The third-order valence-corrected chi connectivity index (χ3v) is 6.45. The van der Waals surface area contributed by atoms with Crippen LogP contribution in [0.25, 0.3) is 0 Å². The average Bonchev–Trinajstić information content (AvgIpc) is 3.22. The highest BCUT2D eigenvalue weighted by Gasteiger charge is 2.42. The molecule has 0 radical (unpaired) electrons. The Morgan fingerprint density at radius 3 is 2.28 bits per heavy atom. The van der Waals surface area contributed by atoms with Gasteiger partial charge in [-0.3, -0.25) is 14.6 Å². The molecule has 2 aromatic heterocycles. The van der Waals surface area contributed by atoms with Crippen molar-refractivity contribution >= 4 is 23.9 Å². The van der Waals surface area contributed by atoms with Gasteiger partial charge in [-0.2, -0.15) is 26.3 Å². The standard InChI is InChI=1S/C24H25F6N7O2/c1-14(34-18-11-31-12-19(38)20(18)24(28,29)30)13-37-4-3-17(15(37)2)21(39)35-5-7-36(8-6-35)22-32-9-16(10-33-22)23(25,26)27/h3-4,9-11,14,34H,5-8,12-13H2,1-2H3. The third kappa shape index (κ3) is 6.23. The number of allylic oxidation sites excluding steroid dienone is 1. The number of carbonyl (C=O) groups is 2. The first kappa shape index (κ1) is 28.1. The van der Waals surface area contributed by atoms with Crippen LogP contribution in [0.5, 0.6) is 0 Å². The van der Waals surface area contributed by atoms with Gasteiger partial charge in [-0.25, -0.2) is 9.97 Å². The predicted molar refractivity (Wildman–Crippen MR) is 128 cm³/mol. The molecular weight excluding hydrogens is 532 g/mol. The van der Waals surface area contributed by atoms with Crippen molar-refractivity contribution in [3.8, 4) is 0 Å². The monoisotopic (exact) mass is 557 g/mol. The maximum absolute atomic E-state index is 13.4. The van der Waals surface area contributed by atoms with Crippen LogP contribution in [-0.4, -0.2) is 82.3 Å². The van der Waals surface area contributed by atoms with Crippen molar-refractivity contribution in [3.63, 3.8) is 0 Å². The number of dihydropyridines is 1. The SMILES string of the molecule is Cc1c(C(=O)N2CCN(c3ncc(C(F)(F)F)cn3)CC2)ccn1CC(C)NC1=C(C(F)(F)F)C(=O)CN=C1. The maximum Gasteiger partial charge on any atom is 0.421 e. The number of piperazine rings is 1. The van der Waals surface area contributed by atoms with Crippen molar-refractivity contribution in [2.75, 3.05) is 37.6 Å². The lowest BCUT2D eigenvalue weighted by Crippen LogP contribution is -2.49. The Kier molecular flexibility index (Phi) is 7.70. The van der Waals surface area contributed by atoms with E-state index in [9.17, 15) is 35.9 Å². The van der Waals surface area contributed by atoms with Crippen LogP contribution in [0.2, 0.25) is 0 Å². The van der Waals surface area contributed by atoms with Gasteiger partial charge in [0.2, 0.25) is 5.95 Å². The normalized spacial score (nSPS) is 17.6. The van der Waals surface area contributed by atoms with Crippen molar-refractivity contribution in [2.45, 2.75) is 38.8 Å². The van der Waals surface area contributed by atoms with Crippen molar-refractivity contribution in [1.29, 1.82) is 0 Å². The smallest absolute Gasteiger partial charge is 0.379 e. The highest BCUT2D eigenvalue weighted by atomic mass is 19.4. The molecule has 1 fully saturated rings. The molecule has 2 aliphatic heterocycles. The third-order valence-electron chi connectivity index (χ3n) is 6.45. The number of nitrogens with one attached hydrogen (secondary N) is 1. The van der Waals surface area contributed by atoms with Gasteiger partial charge in [-0.1, -0.05) is 0 Å². The molecule has 2 aliphatic rings. The Bertz CT molecular complexity index is 1290. The van der Waals surface area contributed by atoms with E-state index in [4.69, 9.17) is 0 Å². The number of aliphatic imine (C=N–C) groups is 1. The number of nitrogens with zero attached hydrogens (tertiary/aromatic N) is 6. The van der Waals surface area contributed by atoms with Gasteiger partial charge < -0.3 is 19.7 Å². The van der Waals surface area contributed by atoms with Crippen LogP contribution in [0, 0.1) is 6.92 Å². The number of carbonyl (C=O) groups excluding carboxylic acids is 2. The molecule has 1 N–H and O–H groups in total. The molecule has 1 saturated heterocycles. The summed E-state index contributed by atoms with van der Waals surface area (Å²) >= 11 is 0. The van der Waals surface area contributed by atoms with E-state index in [1.807, 2.05) is 0 Å². The lowest BCUT2D eigenvalue weighted by molar-refractivity contribution is -0.138. The molecule has 0 spiro atoms. The number of aromatic nitrogens is 3. The fourth-order valence-corrected chi connectivity index (χ4v) is 4.43. The summed E-state index contributed by atoms with van der Waals surface area (Å²) in [7, 11) is 0. The van der Waals surface area contributed by atoms with E-state index < -0.39 is 41.9 Å². The number of Topliss-reactive ketones (excluding diaryl/α,β-unsaturated/α-hetero) is 1. The van der Waals surface area contributed by atoms with Crippen molar-refractivity contribution in [1.82, 2.24) is 24.8 Å². The fourth-order valence-electron chi connectivity index (χ4n) is 4.43. The van der Waals surface area contributed by atoms with Gasteiger partial charge in [0, 0.05) is 69.3 Å². The number of amides is 1. The summed E-state index contributed by atoms with van der Waals surface area (Å²) in [6.07, 6.45) is -5.22. The number of ketones is 1. The molecule has 1 amide bonds. The van der Waals surface area contributed by atoms with Gasteiger partial charge in [-0.05, 0) is 19.9 Å². The summed E-state index contributed by atoms with van der Waals surface area (Å²) in [5.74, 6) is -1.20. The molecule has 0 aliphatic carbocycles. The van der Waals surface area contributed by atoms with Crippen LogP contribution in [0.4, 0.5) is 32.3 Å². The summed E-state index contributed by atoms with van der Waals surface area (Å²) < 4.78 is 80.0. The van der Waals surface area contributed by atoms with Gasteiger partial charge in [-0.15, -0.1) is 0 Å². The fraction of sp³-hybridized carbons (Fsp3) is 0.458. The minimum atomic E-state index is -4.81. The highest BCUT2D eigenvalue weighted by molar-refractivity contribution is 6.06. The highest BCUT2D eigenvalue weighted by Crippen LogP contribution is 2.30. The van der Waals surface area contributed by atoms with E-state index in [0.29, 0.717) is 37.4 Å². The first-order chi connectivity index (χ1) is 18.3. The molecule has 1 atom stereocenters. The molecule has 0 aromatic carbocycles. The van der Waals surface area contributed by atoms with Crippen LogP contribution in [0.3, 0.4) is 0 Å². The lowest BCUT2D eigenvalue weighted by atomic mass is 10.1. The molecule has 0 saturated carbocycles. The molecule has 0 bridgehead atoms. The van der Waals surface area contributed by atoms with Crippen LogP contribution in [-0.2, 0) is 17.5 Å². The molecule has 4 rings (SSSR count). The average molecular weight is 557 g/mol. The summed E-state index contributed by atoms with van der Waals surface area (Å²) in [5, 5.41) is 2.71. The van der Waals surface area contributed by atoms with E-state index >= 15 is 0 Å². The van der Waals surface area contributed by atoms with E-state index in [1.54, 1.807) is 40.5 Å². The van der Waals surface area contributed by atoms with Gasteiger partial charge in [0.05, 0.1) is 16.8 Å². The Labute approximate surface area is 219 Å². The zero-order valence-electron chi connectivity index (χ0n) is 21.0. The van der Waals surface area contributed by atoms with Gasteiger partial charge in [0.1, 0.15) is 12.1 Å². The molecule has 4 heterocycles. The summed E-state index contributed by atoms with van der Waals surface area (Å²) in [5.41, 5.74) is -1.55. The quantitative estimate of drug-likeness (QED) is 0.549. The molecule has 1 unspecified atom stereocenters. The van der Waals surface area contributed by atoms with E-state index in [-0.39, 0.29) is 24.1 Å². The minimum absolute atomic E-state index is 0.146. The Balaban J connectivity index is 1.37. The Morgan fingerprint density at radius 2 is 1.69 bits per heavy atom. The second-order valence-corrected chi connectivity index (χ2v) is 9.24. The first-order valence-electron chi connectivity index (χ1n) is 12.0. The topological polar surface area (TPSA) is 95.7 Å². The van der Waals surface area contributed by atoms with Crippen molar-refractivity contribution < 1.29 is 35.9 Å². The van der Waals surface area contributed by atoms with E-state index in [2.05, 4.69) is 20.3 Å². The second-order valence-electron chi connectivity index (χ2n) is 9.24.